The van der Waals surface area contributed by atoms with Gasteiger partial charge >= 0.3 is 0 Å². The molecule has 2 aromatic carbocycles. The molecule has 1 aliphatic rings. The van der Waals surface area contributed by atoms with Crippen molar-refractivity contribution in [3.8, 4) is 0 Å². The van der Waals surface area contributed by atoms with Gasteiger partial charge in [-0.25, -0.2) is 0 Å². The summed E-state index contributed by atoms with van der Waals surface area (Å²) in [6.45, 7) is 8.01. The van der Waals surface area contributed by atoms with E-state index < -0.39 is 5.41 Å². The minimum atomic E-state index is -0.543. The average Bonchev–Trinajstić information content (AvgIpc) is 3.12. The molecule has 0 radical (unpaired) electrons. The Balaban J connectivity index is 1.73. The second kappa shape index (κ2) is 8.04. The second-order valence-electron chi connectivity index (χ2n) is 9.23. The van der Waals surface area contributed by atoms with E-state index in [4.69, 9.17) is 11.6 Å². The molecule has 2 unspecified atom stereocenters. The van der Waals surface area contributed by atoms with E-state index in [2.05, 4.69) is 22.4 Å². The molecule has 0 saturated carbocycles. The van der Waals surface area contributed by atoms with Gasteiger partial charge in [-0.2, -0.15) is 0 Å². The molecule has 6 heteroatoms. The number of nitrogens with one attached hydrogen (secondary N) is 2. The number of nitrogens with zero attached hydrogens (tertiary/aromatic N) is 1. The minimum absolute atomic E-state index is 0.0226. The highest BCUT2D eigenvalue weighted by molar-refractivity contribution is 6.31. The number of H-pyrrole nitrogens is 1. The van der Waals surface area contributed by atoms with Gasteiger partial charge in [0.05, 0.1) is 12.6 Å². The number of carbonyl (C=O) groups excluding carboxylic acids is 2. The lowest BCUT2D eigenvalue weighted by Crippen LogP contribution is -2.47. The maximum Gasteiger partial charge on any atom is 0.242 e. The first-order chi connectivity index (χ1) is 14.7. The van der Waals surface area contributed by atoms with E-state index in [-0.39, 0.29) is 30.3 Å². The lowest BCUT2D eigenvalue weighted by Gasteiger charge is -2.39. The van der Waals surface area contributed by atoms with Gasteiger partial charge in [-0.15, -0.1) is 0 Å². The van der Waals surface area contributed by atoms with Crippen molar-refractivity contribution in [1.82, 2.24) is 15.2 Å². The average molecular weight is 438 g/mol. The standard InChI is InChI=1S/C25H28ClN3O2/c1-15-23-22(17-10-6-8-12-20(17)28-23)18(16-9-5-7-11-19(16)26)14-29(15)21(30)13-27-24(31)25(2,3)4/h5-12,15,18,28H,13-14H2,1-4H3,(H,27,31). The summed E-state index contributed by atoms with van der Waals surface area (Å²) in [6.07, 6.45) is 0. The Bertz CT molecular complexity index is 1150. The molecule has 2 atom stereocenters. The Morgan fingerprint density at radius 2 is 1.81 bits per heavy atom. The smallest absolute Gasteiger partial charge is 0.242 e. The molecule has 0 fully saturated rings. The first-order valence-corrected chi connectivity index (χ1v) is 11.0. The molecular weight excluding hydrogens is 410 g/mol. The van der Waals surface area contributed by atoms with Crippen LogP contribution in [0.15, 0.2) is 48.5 Å². The van der Waals surface area contributed by atoms with Gasteiger partial charge in [0.25, 0.3) is 0 Å². The van der Waals surface area contributed by atoms with Crippen molar-refractivity contribution in [3.05, 3.63) is 70.4 Å². The number of hydrogen-bond acceptors (Lipinski definition) is 2. The van der Waals surface area contributed by atoms with Crippen LogP contribution >= 0.6 is 11.6 Å². The summed E-state index contributed by atoms with van der Waals surface area (Å²) in [6, 6.07) is 15.9. The van der Waals surface area contributed by atoms with Gasteiger partial charge in [-0.05, 0) is 30.2 Å². The number of fused-ring (bicyclic) bond motifs is 3. The van der Waals surface area contributed by atoms with E-state index >= 15 is 0 Å². The summed E-state index contributed by atoms with van der Waals surface area (Å²) in [5.74, 6) is -0.302. The van der Waals surface area contributed by atoms with E-state index in [9.17, 15) is 9.59 Å². The van der Waals surface area contributed by atoms with Gasteiger partial charge in [0.15, 0.2) is 0 Å². The van der Waals surface area contributed by atoms with E-state index in [0.29, 0.717) is 11.6 Å². The van der Waals surface area contributed by atoms with Crippen LogP contribution in [0.3, 0.4) is 0 Å². The number of amides is 2. The maximum absolute atomic E-state index is 13.2. The quantitative estimate of drug-likeness (QED) is 0.604. The summed E-state index contributed by atoms with van der Waals surface area (Å²) < 4.78 is 0. The van der Waals surface area contributed by atoms with Crippen LogP contribution in [-0.2, 0) is 9.59 Å². The summed E-state index contributed by atoms with van der Waals surface area (Å²) >= 11 is 6.59. The predicted octanol–water partition coefficient (Wildman–Crippen LogP) is 5.02. The normalized spacial score (nSPS) is 18.7. The van der Waals surface area contributed by atoms with Crippen molar-refractivity contribution < 1.29 is 9.59 Å². The fraction of sp³-hybridized carbons (Fsp3) is 0.360. The summed E-state index contributed by atoms with van der Waals surface area (Å²) in [5, 5.41) is 4.63. The molecule has 2 heterocycles. The Labute approximate surface area is 187 Å². The molecule has 0 aliphatic carbocycles. The lowest BCUT2D eigenvalue weighted by atomic mass is 9.83. The topological polar surface area (TPSA) is 65.2 Å². The van der Waals surface area contributed by atoms with Gasteiger partial charge in [0.1, 0.15) is 0 Å². The van der Waals surface area contributed by atoms with Gasteiger partial charge in [0, 0.05) is 39.5 Å². The van der Waals surface area contributed by atoms with Gasteiger partial charge in [0.2, 0.25) is 11.8 Å². The number of halogens is 1. The number of aromatic nitrogens is 1. The third-order valence-electron chi connectivity index (χ3n) is 6.07. The van der Waals surface area contributed by atoms with Crippen LogP contribution in [0.2, 0.25) is 5.02 Å². The van der Waals surface area contributed by atoms with Crippen LogP contribution in [0.25, 0.3) is 10.9 Å². The number of hydrogen-bond donors (Lipinski definition) is 2. The molecular formula is C25H28ClN3O2. The van der Waals surface area contributed by atoms with Crippen molar-refractivity contribution in [2.75, 3.05) is 13.1 Å². The summed E-state index contributed by atoms with van der Waals surface area (Å²) in [7, 11) is 0. The van der Waals surface area contributed by atoms with Crippen LogP contribution in [0, 0.1) is 5.41 Å². The summed E-state index contributed by atoms with van der Waals surface area (Å²) in [5.41, 5.74) is 3.72. The largest absolute Gasteiger partial charge is 0.356 e. The van der Waals surface area contributed by atoms with Crippen LogP contribution in [-0.4, -0.2) is 34.8 Å². The fourth-order valence-corrected chi connectivity index (χ4v) is 4.61. The van der Waals surface area contributed by atoms with Crippen LogP contribution in [0.5, 0.6) is 0 Å². The molecule has 2 N–H and O–H groups in total. The van der Waals surface area contributed by atoms with E-state index in [1.165, 1.54) is 5.56 Å². The molecule has 0 saturated heterocycles. The van der Waals surface area contributed by atoms with Gasteiger partial charge < -0.3 is 15.2 Å². The van der Waals surface area contributed by atoms with Crippen molar-refractivity contribution in [1.29, 1.82) is 0 Å². The third-order valence-corrected chi connectivity index (χ3v) is 6.42. The van der Waals surface area contributed by atoms with Crippen LogP contribution in [0.4, 0.5) is 0 Å². The highest BCUT2D eigenvalue weighted by Crippen LogP contribution is 2.44. The second-order valence-corrected chi connectivity index (χ2v) is 9.63. The van der Waals surface area contributed by atoms with E-state index in [1.54, 1.807) is 0 Å². The highest BCUT2D eigenvalue weighted by atomic mass is 35.5. The molecule has 31 heavy (non-hydrogen) atoms. The molecule has 1 aromatic heterocycles. The predicted molar refractivity (Wildman–Crippen MR) is 124 cm³/mol. The number of aromatic amines is 1. The fourth-order valence-electron chi connectivity index (χ4n) is 4.34. The maximum atomic E-state index is 13.2. The monoisotopic (exact) mass is 437 g/mol. The number of benzene rings is 2. The van der Waals surface area contributed by atoms with Crippen molar-refractivity contribution in [2.24, 2.45) is 5.41 Å². The minimum Gasteiger partial charge on any atom is -0.356 e. The van der Waals surface area contributed by atoms with Crippen LogP contribution in [0.1, 0.15) is 56.5 Å². The van der Waals surface area contributed by atoms with E-state index in [0.717, 1.165) is 22.2 Å². The zero-order valence-corrected chi connectivity index (χ0v) is 19.1. The highest BCUT2D eigenvalue weighted by Gasteiger charge is 2.37. The Kier molecular flexibility index (Phi) is 5.56. The zero-order valence-electron chi connectivity index (χ0n) is 18.3. The molecule has 3 aromatic rings. The zero-order chi connectivity index (χ0) is 22.3. The molecule has 1 aliphatic heterocycles. The number of rotatable bonds is 3. The van der Waals surface area contributed by atoms with Crippen molar-refractivity contribution in [2.45, 2.75) is 39.7 Å². The van der Waals surface area contributed by atoms with Crippen LogP contribution < -0.4 is 5.32 Å². The first kappa shape index (κ1) is 21.4. The molecule has 5 nitrogen and oxygen atoms in total. The van der Waals surface area contributed by atoms with Crippen molar-refractivity contribution >= 4 is 34.3 Å². The summed E-state index contributed by atoms with van der Waals surface area (Å²) in [4.78, 5) is 30.8. The number of para-hydroxylation sites is 1. The van der Waals surface area contributed by atoms with Gasteiger partial charge in [-0.3, -0.25) is 9.59 Å². The first-order valence-electron chi connectivity index (χ1n) is 10.6. The molecule has 2 amide bonds. The SMILES string of the molecule is CC1c2[nH]c3ccccc3c2C(c2ccccc2Cl)CN1C(=O)CNC(=O)C(C)(C)C. The Hall–Kier alpha value is -2.79. The lowest BCUT2D eigenvalue weighted by molar-refractivity contribution is -0.137. The van der Waals surface area contributed by atoms with Crippen molar-refractivity contribution in [3.63, 3.8) is 0 Å². The Morgan fingerprint density at radius 1 is 1.13 bits per heavy atom. The van der Waals surface area contributed by atoms with E-state index in [1.807, 2.05) is 69.0 Å². The molecule has 162 valence electrons. The Morgan fingerprint density at radius 3 is 2.52 bits per heavy atom. The molecule has 4 rings (SSSR count). The van der Waals surface area contributed by atoms with Gasteiger partial charge in [-0.1, -0.05) is 68.8 Å². The molecule has 0 spiro atoms. The molecule has 0 bridgehead atoms. The number of carbonyl (C=O) groups is 2. The third kappa shape index (κ3) is 3.94.